The molecule has 5 heteroatoms. The molecule has 1 N–H and O–H groups in total. The molecular formula is C21H23NO4. The van der Waals surface area contributed by atoms with Crippen molar-refractivity contribution in [2.24, 2.45) is 0 Å². The fourth-order valence-electron chi connectivity index (χ4n) is 3.82. The van der Waals surface area contributed by atoms with Crippen molar-refractivity contribution in [3.63, 3.8) is 0 Å². The second-order valence-electron chi connectivity index (χ2n) is 6.85. The third-order valence-electron chi connectivity index (χ3n) is 5.23. The van der Waals surface area contributed by atoms with E-state index in [1.165, 1.54) is 0 Å². The molecule has 0 bridgehead atoms. The van der Waals surface area contributed by atoms with E-state index >= 15 is 0 Å². The van der Waals surface area contributed by atoms with Gasteiger partial charge in [0.15, 0.2) is 11.5 Å². The van der Waals surface area contributed by atoms with Gasteiger partial charge in [0.05, 0.1) is 12.0 Å². The monoisotopic (exact) mass is 353 g/mol. The van der Waals surface area contributed by atoms with Gasteiger partial charge in [0, 0.05) is 0 Å². The average molecular weight is 353 g/mol. The maximum atomic E-state index is 13.0. The SMILES string of the molecule is O=C(NOCc1ccccc1)C1(c2ccc3c(c2)OCCO3)CCCC1. The number of ether oxygens (including phenoxy) is 2. The summed E-state index contributed by atoms with van der Waals surface area (Å²) in [5.41, 5.74) is 4.11. The van der Waals surface area contributed by atoms with Crippen LogP contribution in [0.1, 0.15) is 36.8 Å². The summed E-state index contributed by atoms with van der Waals surface area (Å²) in [6, 6.07) is 15.6. The van der Waals surface area contributed by atoms with E-state index in [1.807, 2.05) is 48.5 Å². The highest BCUT2D eigenvalue weighted by molar-refractivity contribution is 5.88. The first-order chi connectivity index (χ1) is 12.8. The molecule has 1 aliphatic heterocycles. The van der Waals surface area contributed by atoms with Gasteiger partial charge in [-0.2, -0.15) is 0 Å². The van der Waals surface area contributed by atoms with Gasteiger partial charge in [0.25, 0.3) is 5.91 Å². The first-order valence-electron chi connectivity index (χ1n) is 9.14. The number of amides is 1. The van der Waals surface area contributed by atoms with Crippen molar-refractivity contribution in [1.29, 1.82) is 0 Å². The Morgan fingerprint density at radius 3 is 2.50 bits per heavy atom. The second kappa shape index (κ2) is 7.38. The van der Waals surface area contributed by atoms with E-state index in [1.54, 1.807) is 0 Å². The number of carbonyl (C=O) groups excluding carboxylic acids is 1. The topological polar surface area (TPSA) is 56.8 Å². The van der Waals surface area contributed by atoms with E-state index in [4.69, 9.17) is 14.3 Å². The van der Waals surface area contributed by atoms with Crippen LogP contribution >= 0.6 is 0 Å². The van der Waals surface area contributed by atoms with Crippen molar-refractivity contribution in [3.05, 3.63) is 59.7 Å². The molecule has 1 amide bonds. The van der Waals surface area contributed by atoms with Crippen LogP contribution in [0.25, 0.3) is 0 Å². The molecule has 136 valence electrons. The van der Waals surface area contributed by atoms with Gasteiger partial charge in [-0.1, -0.05) is 49.2 Å². The molecule has 0 spiro atoms. The largest absolute Gasteiger partial charge is 0.486 e. The first-order valence-corrected chi connectivity index (χ1v) is 9.14. The number of rotatable bonds is 5. The minimum absolute atomic E-state index is 0.0809. The van der Waals surface area contributed by atoms with Crippen LogP contribution in [-0.4, -0.2) is 19.1 Å². The van der Waals surface area contributed by atoms with Gasteiger partial charge in [-0.05, 0) is 36.1 Å². The zero-order chi connectivity index (χ0) is 17.8. The van der Waals surface area contributed by atoms with E-state index in [2.05, 4.69) is 5.48 Å². The summed E-state index contributed by atoms with van der Waals surface area (Å²) in [4.78, 5) is 18.5. The predicted octanol–water partition coefficient (Wildman–Crippen LogP) is 3.52. The Hall–Kier alpha value is -2.53. The number of hydrogen-bond donors (Lipinski definition) is 1. The summed E-state index contributed by atoms with van der Waals surface area (Å²) in [6.07, 6.45) is 3.68. The van der Waals surface area contributed by atoms with Crippen LogP contribution < -0.4 is 15.0 Å². The molecule has 1 heterocycles. The molecule has 0 saturated heterocycles. The Balaban J connectivity index is 1.50. The van der Waals surface area contributed by atoms with Crippen LogP contribution in [0.4, 0.5) is 0 Å². The maximum Gasteiger partial charge on any atom is 0.254 e. The van der Waals surface area contributed by atoms with E-state index in [9.17, 15) is 4.79 Å². The average Bonchev–Trinajstić information content (AvgIpc) is 3.19. The van der Waals surface area contributed by atoms with Crippen LogP contribution in [0, 0.1) is 0 Å². The fourth-order valence-corrected chi connectivity index (χ4v) is 3.82. The van der Waals surface area contributed by atoms with Gasteiger partial charge in [0.1, 0.15) is 13.2 Å². The Labute approximate surface area is 153 Å². The molecule has 0 atom stereocenters. The minimum atomic E-state index is -0.563. The number of fused-ring (bicyclic) bond motifs is 1. The quantitative estimate of drug-likeness (QED) is 0.836. The molecule has 26 heavy (non-hydrogen) atoms. The predicted molar refractivity (Wildman–Crippen MR) is 97.0 cm³/mol. The van der Waals surface area contributed by atoms with Gasteiger partial charge >= 0.3 is 0 Å². The first kappa shape index (κ1) is 16.9. The number of hydrogen-bond acceptors (Lipinski definition) is 4. The summed E-state index contributed by atoms with van der Waals surface area (Å²) in [5, 5.41) is 0. The van der Waals surface area contributed by atoms with Crippen LogP contribution in [0.5, 0.6) is 11.5 Å². The summed E-state index contributed by atoms with van der Waals surface area (Å²) < 4.78 is 11.3. The zero-order valence-corrected chi connectivity index (χ0v) is 14.7. The molecule has 1 fully saturated rings. The molecule has 1 saturated carbocycles. The fraction of sp³-hybridized carbons (Fsp3) is 0.381. The highest BCUT2D eigenvalue weighted by atomic mass is 16.7. The minimum Gasteiger partial charge on any atom is -0.486 e. The van der Waals surface area contributed by atoms with Crippen molar-refractivity contribution in [2.45, 2.75) is 37.7 Å². The van der Waals surface area contributed by atoms with Crippen LogP contribution in [0.2, 0.25) is 0 Å². The molecule has 1 aliphatic carbocycles. The van der Waals surface area contributed by atoms with Crippen molar-refractivity contribution < 1.29 is 19.1 Å². The number of hydroxylamine groups is 1. The standard InChI is InChI=1S/C21H23NO4/c23-20(22-26-15-16-6-2-1-3-7-16)21(10-4-5-11-21)17-8-9-18-19(14-17)25-13-12-24-18/h1-3,6-9,14H,4-5,10-13,15H2,(H,22,23). The lowest BCUT2D eigenvalue weighted by Crippen LogP contribution is -2.42. The third kappa shape index (κ3) is 3.27. The molecule has 2 aromatic carbocycles. The molecule has 5 nitrogen and oxygen atoms in total. The van der Waals surface area contributed by atoms with Gasteiger partial charge in [-0.25, -0.2) is 5.48 Å². The van der Waals surface area contributed by atoms with Gasteiger partial charge in [-0.15, -0.1) is 0 Å². The van der Waals surface area contributed by atoms with Gasteiger partial charge in [0.2, 0.25) is 0 Å². The highest BCUT2D eigenvalue weighted by Crippen LogP contribution is 2.44. The number of benzene rings is 2. The smallest absolute Gasteiger partial charge is 0.254 e. The van der Waals surface area contributed by atoms with Crippen molar-refractivity contribution >= 4 is 5.91 Å². The number of carbonyl (C=O) groups is 1. The van der Waals surface area contributed by atoms with Crippen LogP contribution in [0.3, 0.4) is 0 Å². The lowest BCUT2D eigenvalue weighted by Gasteiger charge is -2.29. The molecular weight excluding hydrogens is 330 g/mol. The number of nitrogens with one attached hydrogen (secondary N) is 1. The molecule has 0 aromatic heterocycles. The van der Waals surface area contributed by atoms with E-state index < -0.39 is 5.41 Å². The Morgan fingerprint density at radius 2 is 1.73 bits per heavy atom. The normalized spacial score (nSPS) is 17.7. The lowest BCUT2D eigenvalue weighted by atomic mass is 9.78. The van der Waals surface area contributed by atoms with Crippen LogP contribution in [0.15, 0.2) is 48.5 Å². The van der Waals surface area contributed by atoms with E-state index in [-0.39, 0.29) is 5.91 Å². The van der Waals surface area contributed by atoms with Crippen molar-refractivity contribution in [1.82, 2.24) is 5.48 Å². The van der Waals surface area contributed by atoms with Crippen molar-refractivity contribution in [3.8, 4) is 11.5 Å². The maximum absolute atomic E-state index is 13.0. The summed E-state index contributed by atoms with van der Waals surface area (Å²) in [7, 11) is 0. The summed E-state index contributed by atoms with van der Waals surface area (Å²) in [6.45, 7) is 1.45. The Kier molecular flexibility index (Phi) is 4.80. The summed E-state index contributed by atoms with van der Waals surface area (Å²) in [5.74, 6) is 1.38. The molecule has 2 aliphatic rings. The third-order valence-corrected chi connectivity index (χ3v) is 5.23. The second-order valence-corrected chi connectivity index (χ2v) is 6.85. The Morgan fingerprint density at radius 1 is 1.00 bits per heavy atom. The van der Waals surface area contributed by atoms with Crippen LogP contribution in [-0.2, 0) is 21.7 Å². The summed E-state index contributed by atoms with van der Waals surface area (Å²) >= 11 is 0. The Bertz CT molecular complexity index is 769. The van der Waals surface area contributed by atoms with E-state index in [0.29, 0.717) is 19.8 Å². The lowest BCUT2D eigenvalue weighted by molar-refractivity contribution is -0.140. The van der Waals surface area contributed by atoms with E-state index in [0.717, 1.165) is 48.3 Å². The highest BCUT2D eigenvalue weighted by Gasteiger charge is 2.43. The van der Waals surface area contributed by atoms with Gasteiger partial charge < -0.3 is 9.47 Å². The zero-order valence-electron chi connectivity index (χ0n) is 14.7. The molecule has 0 radical (unpaired) electrons. The molecule has 0 unspecified atom stereocenters. The van der Waals surface area contributed by atoms with Crippen molar-refractivity contribution in [2.75, 3.05) is 13.2 Å². The van der Waals surface area contributed by atoms with Gasteiger partial charge in [-0.3, -0.25) is 9.63 Å². The molecule has 4 rings (SSSR count). The molecule has 2 aromatic rings.